The van der Waals surface area contributed by atoms with Crippen LogP contribution in [-0.4, -0.2) is 28.2 Å². The van der Waals surface area contributed by atoms with E-state index in [0.29, 0.717) is 18.0 Å². The molecule has 0 radical (unpaired) electrons. The maximum absolute atomic E-state index is 10.3. The number of hydrogen-bond donors (Lipinski definition) is 1. The zero-order chi connectivity index (χ0) is 9.68. The SMILES string of the molecule is COCc1cnc(CC(=O)O)cn1. The fourth-order valence-electron chi connectivity index (χ4n) is 0.850. The highest BCUT2D eigenvalue weighted by molar-refractivity contribution is 5.69. The van der Waals surface area contributed by atoms with Crippen LogP contribution in [0.15, 0.2) is 12.4 Å². The molecule has 0 aromatic carbocycles. The molecule has 1 aromatic rings. The smallest absolute Gasteiger partial charge is 0.309 e. The van der Waals surface area contributed by atoms with Crippen LogP contribution in [0.5, 0.6) is 0 Å². The average molecular weight is 182 g/mol. The molecule has 1 aromatic heterocycles. The Morgan fingerprint density at radius 1 is 1.46 bits per heavy atom. The van der Waals surface area contributed by atoms with Crippen molar-refractivity contribution >= 4 is 5.97 Å². The van der Waals surface area contributed by atoms with E-state index in [1.54, 1.807) is 7.11 Å². The van der Waals surface area contributed by atoms with Crippen LogP contribution in [0.3, 0.4) is 0 Å². The fourth-order valence-corrected chi connectivity index (χ4v) is 0.850. The first-order valence-corrected chi connectivity index (χ1v) is 3.73. The number of rotatable bonds is 4. The van der Waals surface area contributed by atoms with Crippen LogP contribution >= 0.6 is 0 Å². The molecule has 0 aliphatic carbocycles. The number of hydrogen-bond acceptors (Lipinski definition) is 4. The molecule has 0 fully saturated rings. The third-order valence-corrected chi connectivity index (χ3v) is 1.38. The Kier molecular flexibility index (Phi) is 3.33. The van der Waals surface area contributed by atoms with Crippen LogP contribution in [-0.2, 0) is 22.6 Å². The van der Waals surface area contributed by atoms with Crippen molar-refractivity contribution in [2.75, 3.05) is 7.11 Å². The Bertz CT molecular complexity index is 284. The van der Waals surface area contributed by atoms with Gasteiger partial charge >= 0.3 is 5.97 Å². The molecule has 1 rings (SSSR count). The van der Waals surface area contributed by atoms with Crippen molar-refractivity contribution < 1.29 is 14.6 Å². The summed E-state index contributed by atoms with van der Waals surface area (Å²) in [5.41, 5.74) is 1.14. The minimum Gasteiger partial charge on any atom is -0.481 e. The van der Waals surface area contributed by atoms with Crippen molar-refractivity contribution in [2.24, 2.45) is 0 Å². The highest BCUT2D eigenvalue weighted by Gasteiger charge is 2.02. The maximum Gasteiger partial charge on any atom is 0.309 e. The number of ether oxygens (including phenoxy) is 1. The van der Waals surface area contributed by atoms with Crippen molar-refractivity contribution in [1.29, 1.82) is 0 Å². The number of carbonyl (C=O) groups is 1. The average Bonchev–Trinajstić information content (AvgIpc) is 2.08. The molecular weight excluding hydrogens is 172 g/mol. The highest BCUT2D eigenvalue weighted by Crippen LogP contribution is 1.97. The van der Waals surface area contributed by atoms with Crippen molar-refractivity contribution in [3.05, 3.63) is 23.8 Å². The first kappa shape index (κ1) is 9.60. The van der Waals surface area contributed by atoms with Crippen LogP contribution in [0.4, 0.5) is 0 Å². The second kappa shape index (κ2) is 4.51. The van der Waals surface area contributed by atoms with E-state index in [4.69, 9.17) is 9.84 Å². The highest BCUT2D eigenvalue weighted by atomic mass is 16.5. The van der Waals surface area contributed by atoms with Gasteiger partial charge in [0.1, 0.15) is 0 Å². The lowest BCUT2D eigenvalue weighted by molar-refractivity contribution is -0.136. The second-order valence-corrected chi connectivity index (χ2v) is 2.50. The lowest BCUT2D eigenvalue weighted by Gasteiger charge is -1.98. The van der Waals surface area contributed by atoms with Gasteiger partial charge in [-0.1, -0.05) is 0 Å². The van der Waals surface area contributed by atoms with Gasteiger partial charge in [0.25, 0.3) is 0 Å². The minimum atomic E-state index is -0.909. The summed E-state index contributed by atoms with van der Waals surface area (Å²) in [6, 6.07) is 0. The topological polar surface area (TPSA) is 72.3 Å². The number of carboxylic acid groups (broad SMARTS) is 1. The third-order valence-electron chi connectivity index (χ3n) is 1.38. The largest absolute Gasteiger partial charge is 0.481 e. The van der Waals surface area contributed by atoms with Gasteiger partial charge in [0, 0.05) is 13.3 Å². The van der Waals surface area contributed by atoms with Crippen molar-refractivity contribution in [3.8, 4) is 0 Å². The van der Waals surface area contributed by atoms with E-state index in [1.165, 1.54) is 12.4 Å². The van der Waals surface area contributed by atoms with Crippen LogP contribution in [0.25, 0.3) is 0 Å². The molecule has 0 atom stereocenters. The molecule has 1 N–H and O–H groups in total. The molecule has 0 amide bonds. The minimum absolute atomic E-state index is 0.0970. The summed E-state index contributed by atoms with van der Waals surface area (Å²) in [5.74, 6) is -0.909. The molecule has 0 aliphatic rings. The van der Waals surface area contributed by atoms with Crippen molar-refractivity contribution in [1.82, 2.24) is 9.97 Å². The van der Waals surface area contributed by atoms with Gasteiger partial charge in [-0.3, -0.25) is 14.8 Å². The lowest BCUT2D eigenvalue weighted by Crippen LogP contribution is -2.04. The first-order valence-electron chi connectivity index (χ1n) is 3.73. The van der Waals surface area contributed by atoms with Gasteiger partial charge in [-0.05, 0) is 0 Å². The van der Waals surface area contributed by atoms with Crippen LogP contribution in [0, 0.1) is 0 Å². The van der Waals surface area contributed by atoms with E-state index in [-0.39, 0.29) is 6.42 Å². The molecule has 1 heterocycles. The molecule has 70 valence electrons. The van der Waals surface area contributed by atoms with Crippen molar-refractivity contribution in [3.63, 3.8) is 0 Å². The Balaban J connectivity index is 2.64. The first-order chi connectivity index (χ1) is 6.22. The zero-order valence-electron chi connectivity index (χ0n) is 7.23. The summed E-state index contributed by atoms with van der Waals surface area (Å²) >= 11 is 0. The molecule has 0 unspecified atom stereocenters. The standard InChI is InChI=1S/C8H10N2O3/c1-13-5-7-4-9-6(3-10-7)2-8(11)12/h3-4H,2,5H2,1H3,(H,11,12). The van der Waals surface area contributed by atoms with Gasteiger partial charge in [0.2, 0.25) is 0 Å². The Labute approximate surface area is 75.4 Å². The molecule has 13 heavy (non-hydrogen) atoms. The predicted octanol–water partition coefficient (Wildman–Crippen LogP) is 0.250. The number of nitrogens with zero attached hydrogens (tertiary/aromatic N) is 2. The van der Waals surface area contributed by atoms with Crippen molar-refractivity contribution in [2.45, 2.75) is 13.0 Å². The van der Waals surface area contributed by atoms with Crippen LogP contribution in [0.2, 0.25) is 0 Å². The number of carboxylic acids is 1. The Morgan fingerprint density at radius 2 is 2.08 bits per heavy atom. The lowest BCUT2D eigenvalue weighted by atomic mass is 10.3. The summed E-state index contributed by atoms with van der Waals surface area (Å²) in [6.45, 7) is 0.389. The van der Waals surface area contributed by atoms with E-state index in [9.17, 15) is 4.79 Å². The van der Waals surface area contributed by atoms with Gasteiger partial charge < -0.3 is 9.84 Å². The Hall–Kier alpha value is -1.49. The quantitative estimate of drug-likeness (QED) is 0.722. The summed E-state index contributed by atoms with van der Waals surface area (Å²) in [4.78, 5) is 18.2. The number of methoxy groups -OCH3 is 1. The predicted molar refractivity (Wildman–Crippen MR) is 44.1 cm³/mol. The molecule has 0 saturated carbocycles. The van der Waals surface area contributed by atoms with E-state index < -0.39 is 5.97 Å². The molecule has 5 heteroatoms. The molecule has 5 nitrogen and oxygen atoms in total. The van der Waals surface area contributed by atoms with E-state index >= 15 is 0 Å². The monoisotopic (exact) mass is 182 g/mol. The molecule has 0 aliphatic heterocycles. The van der Waals surface area contributed by atoms with Crippen LogP contribution < -0.4 is 0 Å². The van der Waals surface area contributed by atoms with E-state index in [2.05, 4.69) is 9.97 Å². The van der Waals surface area contributed by atoms with Gasteiger partial charge in [-0.15, -0.1) is 0 Å². The normalized spacial score (nSPS) is 9.92. The van der Waals surface area contributed by atoms with Gasteiger partial charge in [-0.2, -0.15) is 0 Å². The number of aromatic nitrogens is 2. The fraction of sp³-hybridized carbons (Fsp3) is 0.375. The molecular formula is C8H10N2O3. The van der Waals surface area contributed by atoms with E-state index in [1.807, 2.05) is 0 Å². The third kappa shape index (κ3) is 3.16. The second-order valence-electron chi connectivity index (χ2n) is 2.50. The zero-order valence-corrected chi connectivity index (χ0v) is 7.23. The summed E-state index contributed by atoms with van der Waals surface area (Å²) in [6.07, 6.45) is 2.87. The summed E-state index contributed by atoms with van der Waals surface area (Å²) < 4.78 is 4.83. The Morgan fingerprint density at radius 3 is 2.54 bits per heavy atom. The number of aliphatic carboxylic acids is 1. The molecule has 0 spiro atoms. The van der Waals surface area contributed by atoms with Gasteiger partial charge in [0.05, 0.1) is 30.6 Å². The summed E-state index contributed by atoms with van der Waals surface area (Å²) in [5, 5.41) is 8.45. The van der Waals surface area contributed by atoms with Gasteiger partial charge in [-0.25, -0.2) is 0 Å². The van der Waals surface area contributed by atoms with E-state index in [0.717, 1.165) is 0 Å². The van der Waals surface area contributed by atoms with Crippen LogP contribution in [0.1, 0.15) is 11.4 Å². The summed E-state index contributed by atoms with van der Waals surface area (Å²) in [7, 11) is 1.56. The van der Waals surface area contributed by atoms with Gasteiger partial charge in [0.15, 0.2) is 0 Å². The molecule has 0 bridgehead atoms. The maximum atomic E-state index is 10.3. The molecule has 0 saturated heterocycles.